The molecule has 2 aliphatic rings. The Kier molecular flexibility index (Phi) is 7.98. The number of benzene rings is 1. The number of carbonyl (C=O) groups is 1. The normalized spacial score (nSPS) is 18.7. The molecule has 41 heavy (non-hydrogen) atoms. The van der Waals surface area contributed by atoms with Crippen molar-refractivity contribution in [1.82, 2.24) is 19.8 Å². The summed E-state index contributed by atoms with van der Waals surface area (Å²) in [5.74, 6) is 0.416. The molecule has 0 radical (unpaired) electrons. The topological polar surface area (TPSA) is 79.4 Å². The molecule has 1 aromatic carbocycles. The molecular formula is C31H39F3N4O3. The third kappa shape index (κ3) is 5.38. The van der Waals surface area contributed by atoms with Gasteiger partial charge in [0.1, 0.15) is 5.75 Å². The Hall–Kier alpha value is -3.27. The van der Waals surface area contributed by atoms with Crippen LogP contribution in [0.1, 0.15) is 72.4 Å². The first-order valence-electron chi connectivity index (χ1n) is 14.4. The van der Waals surface area contributed by atoms with Gasteiger partial charge in [0.25, 0.3) is 11.5 Å². The lowest BCUT2D eigenvalue weighted by atomic mass is 9.67. The van der Waals surface area contributed by atoms with Gasteiger partial charge in [0, 0.05) is 34.9 Å². The molecule has 0 spiro atoms. The molecule has 3 aromatic rings. The summed E-state index contributed by atoms with van der Waals surface area (Å²) in [5, 5.41) is 3.74. The number of likely N-dealkylation sites (tertiary alicyclic amines) is 1. The van der Waals surface area contributed by atoms with Gasteiger partial charge in [0.05, 0.1) is 30.2 Å². The van der Waals surface area contributed by atoms with Crippen LogP contribution in [0.15, 0.2) is 35.1 Å². The third-order valence-corrected chi connectivity index (χ3v) is 9.42. The van der Waals surface area contributed by atoms with E-state index in [2.05, 4.69) is 21.8 Å². The summed E-state index contributed by atoms with van der Waals surface area (Å²) in [6.45, 7) is 7.25. The van der Waals surface area contributed by atoms with Crippen molar-refractivity contribution in [3.8, 4) is 5.75 Å². The van der Waals surface area contributed by atoms with E-state index in [9.17, 15) is 22.8 Å². The van der Waals surface area contributed by atoms with Gasteiger partial charge in [0.15, 0.2) is 0 Å². The monoisotopic (exact) mass is 572 g/mol. The summed E-state index contributed by atoms with van der Waals surface area (Å²) in [6, 6.07) is 9.56. The van der Waals surface area contributed by atoms with Crippen LogP contribution in [0.4, 0.5) is 13.2 Å². The average Bonchev–Trinajstić information content (AvgIpc) is 3.20. The number of pyridine rings is 1. The first-order valence-corrected chi connectivity index (χ1v) is 14.4. The molecule has 2 N–H and O–H groups in total. The molecule has 3 heterocycles. The van der Waals surface area contributed by atoms with Crippen LogP contribution in [-0.4, -0.2) is 53.3 Å². The number of para-hydroxylation sites is 1. The Labute approximate surface area is 238 Å². The zero-order chi connectivity index (χ0) is 29.5. The van der Waals surface area contributed by atoms with Crippen LogP contribution < -0.4 is 15.6 Å². The predicted molar refractivity (Wildman–Crippen MR) is 152 cm³/mol. The highest BCUT2D eigenvalue weighted by Crippen LogP contribution is 2.53. The Balaban J connectivity index is 1.33. The van der Waals surface area contributed by atoms with Crippen molar-refractivity contribution in [1.29, 1.82) is 0 Å². The molecule has 2 fully saturated rings. The van der Waals surface area contributed by atoms with Crippen LogP contribution in [-0.2, 0) is 6.54 Å². The van der Waals surface area contributed by atoms with Gasteiger partial charge in [-0.2, -0.15) is 13.2 Å². The fourth-order valence-corrected chi connectivity index (χ4v) is 6.86. The summed E-state index contributed by atoms with van der Waals surface area (Å²) >= 11 is 0. The van der Waals surface area contributed by atoms with Crippen LogP contribution >= 0.6 is 0 Å². The van der Waals surface area contributed by atoms with Gasteiger partial charge >= 0.3 is 6.18 Å². The van der Waals surface area contributed by atoms with Crippen molar-refractivity contribution in [2.24, 2.45) is 11.3 Å². The number of rotatable bonds is 8. The van der Waals surface area contributed by atoms with Gasteiger partial charge in [-0.15, -0.1) is 0 Å². The first kappa shape index (κ1) is 29.2. The minimum Gasteiger partial charge on any atom is -0.496 e. The molecule has 2 aromatic heterocycles. The van der Waals surface area contributed by atoms with Gasteiger partial charge in [-0.3, -0.25) is 9.59 Å². The number of carbonyl (C=O) groups excluding carboxylic acids is 1. The van der Waals surface area contributed by atoms with Crippen LogP contribution in [0.3, 0.4) is 0 Å². The van der Waals surface area contributed by atoms with E-state index in [4.69, 9.17) is 4.74 Å². The van der Waals surface area contributed by atoms with E-state index >= 15 is 0 Å². The minimum atomic E-state index is -4.15. The van der Waals surface area contributed by atoms with Crippen molar-refractivity contribution < 1.29 is 22.7 Å². The van der Waals surface area contributed by atoms with Gasteiger partial charge < -0.3 is 24.5 Å². The Bertz CT molecular complexity index is 1480. The number of ether oxygens (including phenoxy) is 1. The molecule has 1 amide bonds. The molecule has 1 aliphatic carbocycles. The number of alkyl halides is 3. The zero-order valence-corrected chi connectivity index (χ0v) is 24.2. The molecule has 1 atom stereocenters. The lowest BCUT2D eigenvalue weighted by molar-refractivity contribution is -0.256. The number of nitrogens with zero attached hydrogens (tertiary/aromatic N) is 2. The molecule has 0 bridgehead atoms. The number of aromatic nitrogens is 2. The number of methoxy groups -OCH3 is 1. The number of hydrogen-bond donors (Lipinski definition) is 2. The summed E-state index contributed by atoms with van der Waals surface area (Å²) in [7, 11) is 1.49. The van der Waals surface area contributed by atoms with Gasteiger partial charge in [0.2, 0.25) is 0 Å². The van der Waals surface area contributed by atoms with Crippen LogP contribution in [0.25, 0.3) is 10.9 Å². The molecule has 1 saturated heterocycles. The fourth-order valence-electron chi connectivity index (χ4n) is 6.86. The van der Waals surface area contributed by atoms with Gasteiger partial charge in [-0.05, 0) is 77.6 Å². The number of aromatic amines is 1. The first-order chi connectivity index (χ1) is 19.5. The highest BCUT2D eigenvalue weighted by atomic mass is 19.4. The Morgan fingerprint density at radius 2 is 1.88 bits per heavy atom. The van der Waals surface area contributed by atoms with Gasteiger partial charge in [-0.1, -0.05) is 24.6 Å². The zero-order valence-electron chi connectivity index (χ0n) is 24.2. The third-order valence-electron chi connectivity index (χ3n) is 9.42. The predicted octanol–water partition coefficient (Wildman–Crippen LogP) is 5.89. The summed E-state index contributed by atoms with van der Waals surface area (Å²) in [5.41, 5.74) is 1.51. The standard InChI is InChI=1S/C31H39F3N4O3/c1-19-16-26(41-4)24(28(39)36-19)17-35-29(40)27-21(3)38(25-9-6-5-8-23(25)27)20(2)22-10-14-37(15-11-22)18-30(12-7-13-30)31(32,33)34/h5-6,8-9,16,20,22H,7,10-15,17-18H2,1-4H3,(H,35,40)(H,36,39)/t20-/m1/s1. The lowest BCUT2D eigenvalue weighted by Crippen LogP contribution is -2.53. The van der Waals surface area contributed by atoms with E-state index in [-0.39, 0.29) is 49.4 Å². The van der Waals surface area contributed by atoms with Crippen molar-refractivity contribution in [2.45, 2.75) is 71.6 Å². The second-order valence-electron chi connectivity index (χ2n) is 11.8. The maximum atomic E-state index is 13.7. The maximum Gasteiger partial charge on any atom is 0.395 e. The summed E-state index contributed by atoms with van der Waals surface area (Å²) in [4.78, 5) is 30.8. The second kappa shape index (κ2) is 11.2. The van der Waals surface area contributed by atoms with Crippen LogP contribution in [0, 0.1) is 25.2 Å². The minimum absolute atomic E-state index is 0.0179. The SMILES string of the molecule is COc1cc(C)[nH]c(=O)c1CNC(=O)c1c(C)n([C@H](C)C2CCN(CC3(C(F)(F)F)CCC3)CC2)c2ccccc12. The van der Waals surface area contributed by atoms with Crippen molar-refractivity contribution in [3.05, 3.63) is 63.2 Å². The molecule has 10 heteroatoms. The van der Waals surface area contributed by atoms with Crippen molar-refractivity contribution >= 4 is 16.8 Å². The molecule has 1 aliphatic heterocycles. The van der Waals surface area contributed by atoms with Crippen LogP contribution in [0.5, 0.6) is 5.75 Å². The average molecular weight is 573 g/mol. The second-order valence-corrected chi connectivity index (χ2v) is 11.8. The van der Waals surface area contributed by atoms with Gasteiger partial charge in [-0.25, -0.2) is 0 Å². The largest absolute Gasteiger partial charge is 0.496 e. The van der Waals surface area contributed by atoms with E-state index < -0.39 is 11.6 Å². The number of hydrogen-bond acceptors (Lipinski definition) is 4. The smallest absolute Gasteiger partial charge is 0.395 e. The maximum absolute atomic E-state index is 13.7. The van der Waals surface area contributed by atoms with E-state index in [1.54, 1.807) is 13.0 Å². The molecule has 222 valence electrons. The quantitative estimate of drug-likeness (QED) is 0.353. The molecule has 5 rings (SSSR count). The van der Waals surface area contributed by atoms with E-state index in [0.717, 1.165) is 29.4 Å². The number of H-pyrrole nitrogens is 1. The van der Waals surface area contributed by atoms with E-state index in [1.165, 1.54) is 7.11 Å². The highest BCUT2D eigenvalue weighted by molar-refractivity contribution is 6.08. The summed E-state index contributed by atoms with van der Waals surface area (Å²) in [6.07, 6.45) is -1.42. The number of fused-ring (bicyclic) bond motifs is 1. The molecular weight excluding hydrogens is 533 g/mol. The van der Waals surface area contributed by atoms with E-state index in [0.29, 0.717) is 42.1 Å². The molecule has 0 unspecified atom stereocenters. The molecule has 1 saturated carbocycles. The Morgan fingerprint density at radius 1 is 1.20 bits per heavy atom. The Morgan fingerprint density at radius 3 is 2.49 bits per heavy atom. The number of amides is 1. The lowest BCUT2D eigenvalue weighted by Gasteiger charge is -2.47. The van der Waals surface area contributed by atoms with Crippen molar-refractivity contribution in [3.63, 3.8) is 0 Å². The number of piperidine rings is 1. The van der Waals surface area contributed by atoms with Crippen molar-refractivity contribution in [2.75, 3.05) is 26.7 Å². The van der Waals surface area contributed by atoms with Crippen LogP contribution in [0.2, 0.25) is 0 Å². The number of halogens is 3. The summed E-state index contributed by atoms with van der Waals surface area (Å²) < 4.78 is 48.8. The highest BCUT2D eigenvalue weighted by Gasteiger charge is 2.58. The number of aryl methyl sites for hydroxylation is 1. The molecule has 7 nitrogen and oxygen atoms in total. The number of nitrogens with one attached hydrogen (secondary N) is 2. The fraction of sp³-hybridized carbons (Fsp3) is 0.548. The van der Waals surface area contributed by atoms with E-state index in [1.807, 2.05) is 36.1 Å².